The van der Waals surface area contributed by atoms with Crippen LogP contribution in [0, 0.1) is 23.7 Å². The van der Waals surface area contributed by atoms with Gasteiger partial charge in [0.1, 0.15) is 19.3 Å². The van der Waals surface area contributed by atoms with Gasteiger partial charge in [-0.25, -0.2) is 9.13 Å². The molecule has 0 heterocycles. The molecule has 0 spiro atoms. The van der Waals surface area contributed by atoms with Crippen molar-refractivity contribution in [1.82, 2.24) is 0 Å². The van der Waals surface area contributed by atoms with Crippen molar-refractivity contribution in [2.45, 2.75) is 395 Å². The lowest BCUT2D eigenvalue weighted by Gasteiger charge is -2.21. The second-order valence-corrected chi connectivity index (χ2v) is 31.9. The van der Waals surface area contributed by atoms with Gasteiger partial charge in [-0.15, -0.1) is 0 Å². The van der Waals surface area contributed by atoms with Gasteiger partial charge in [-0.05, 0) is 49.4 Å². The number of phosphoric ester groups is 2. The summed E-state index contributed by atoms with van der Waals surface area (Å²) >= 11 is 0. The lowest BCUT2D eigenvalue weighted by atomic mass is 10.0. The Labute approximate surface area is 575 Å². The van der Waals surface area contributed by atoms with Gasteiger partial charge in [-0.1, -0.05) is 325 Å². The molecule has 0 aromatic carbocycles. The summed E-state index contributed by atoms with van der Waals surface area (Å²) in [6.45, 7) is 14.1. The van der Waals surface area contributed by atoms with Gasteiger partial charge in [-0.2, -0.15) is 0 Å². The summed E-state index contributed by atoms with van der Waals surface area (Å²) < 4.78 is 68.4. The van der Waals surface area contributed by atoms with Gasteiger partial charge in [-0.3, -0.25) is 37.3 Å². The fraction of sp³-hybridized carbons (Fsp3) is 0.947. The average Bonchev–Trinajstić information content (AvgIpc) is 1.66. The predicted octanol–water partition coefficient (Wildman–Crippen LogP) is 21.7. The molecule has 0 aliphatic rings. The molecule has 0 rings (SSSR count). The SMILES string of the molecule is CC(C)CCCCCCCCCCCCCCCCCCCCC(=O)O[C@H](COC(=O)CCCCCCCCCC(C)C)COP(=O)(O)OCC(O)COP(=O)(O)OC[C@@H](COC(=O)CCCCCCCCCC(C)C)OC(=O)CCCCCCCCCCCCC(C)C. The molecule has 0 aromatic rings. The van der Waals surface area contributed by atoms with Gasteiger partial charge < -0.3 is 33.8 Å². The van der Waals surface area contributed by atoms with E-state index in [4.69, 9.17) is 37.0 Å². The van der Waals surface area contributed by atoms with Gasteiger partial charge in [0.15, 0.2) is 12.2 Å². The highest BCUT2D eigenvalue weighted by atomic mass is 31.2. The Balaban J connectivity index is 5.18. The highest BCUT2D eigenvalue weighted by Gasteiger charge is 2.30. The van der Waals surface area contributed by atoms with Gasteiger partial charge in [0.25, 0.3) is 0 Å². The minimum absolute atomic E-state index is 0.105. The first kappa shape index (κ1) is 92.1. The minimum atomic E-state index is -4.96. The highest BCUT2D eigenvalue weighted by molar-refractivity contribution is 7.47. The molecule has 0 radical (unpaired) electrons. The van der Waals surface area contributed by atoms with Crippen LogP contribution in [0.5, 0.6) is 0 Å². The smallest absolute Gasteiger partial charge is 0.462 e. The fourth-order valence-corrected chi connectivity index (χ4v) is 13.0. The number of carbonyl (C=O) groups is 4. The van der Waals surface area contributed by atoms with E-state index in [1.807, 2.05) is 0 Å². The van der Waals surface area contributed by atoms with E-state index in [-0.39, 0.29) is 25.7 Å². The molecule has 3 N–H and O–H groups in total. The van der Waals surface area contributed by atoms with Gasteiger partial charge in [0, 0.05) is 25.7 Å². The standard InChI is InChI=1S/C75H146O17P2/c1-65(2)51-43-35-27-21-17-15-13-11-9-10-12-14-16-18-23-31-41-49-57-74(79)91-70(61-85-72(77)55-47-39-33-25-29-37-45-53-67(5)6)63-89-93(81,82)87-59-69(76)60-88-94(83,84)90-64-71(62-86-73(78)56-48-40-34-26-30-38-46-54-68(7)8)92-75(80)58-50-42-32-24-20-19-22-28-36-44-52-66(3)4/h65-71,76H,9-64H2,1-8H3,(H,81,82)(H,83,84)/t69?,70-,71-/m1/s1. The number of hydrogen-bond donors (Lipinski definition) is 3. The molecule has 17 nitrogen and oxygen atoms in total. The molecule has 0 saturated heterocycles. The van der Waals surface area contributed by atoms with E-state index in [9.17, 15) is 43.2 Å². The van der Waals surface area contributed by atoms with Crippen LogP contribution in [0.25, 0.3) is 0 Å². The van der Waals surface area contributed by atoms with Crippen LogP contribution >= 0.6 is 15.6 Å². The Morgan fingerprint density at radius 1 is 0.266 bits per heavy atom. The first-order valence-corrected chi connectivity index (χ1v) is 41.7. The number of ether oxygens (including phenoxy) is 4. The van der Waals surface area contributed by atoms with Crippen LogP contribution in [0.15, 0.2) is 0 Å². The zero-order valence-electron chi connectivity index (χ0n) is 61.6. The molecule has 5 atom stereocenters. The largest absolute Gasteiger partial charge is 0.472 e. The van der Waals surface area contributed by atoms with E-state index >= 15 is 0 Å². The fourth-order valence-electron chi connectivity index (χ4n) is 11.4. The Kier molecular flexibility index (Phi) is 63.1. The number of aliphatic hydroxyl groups is 1. The van der Waals surface area contributed by atoms with Crippen LogP contribution in [0.4, 0.5) is 0 Å². The molecule has 0 aliphatic carbocycles. The molecule has 19 heteroatoms. The predicted molar refractivity (Wildman–Crippen MR) is 381 cm³/mol. The van der Waals surface area contributed by atoms with Crippen molar-refractivity contribution in [2.24, 2.45) is 23.7 Å². The lowest BCUT2D eigenvalue weighted by molar-refractivity contribution is -0.161. The number of carbonyl (C=O) groups excluding carboxylic acids is 4. The third-order valence-corrected chi connectivity index (χ3v) is 19.2. The van der Waals surface area contributed by atoms with Crippen LogP contribution in [0.3, 0.4) is 0 Å². The van der Waals surface area contributed by atoms with Gasteiger partial charge in [0.05, 0.1) is 26.4 Å². The number of hydrogen-bond acceptors (Lipinski definition) is 15. The van der Waals surface area contributed by atoms with Crippen LogP contribution < -0.4 is 0 Å². The quantitative estimate of drug-likeness (QED) is 0.0222. The average molecular weight is 1380 g/mol. The van der Waals surface area contributed by atoms with Crippen molar-refractivity contribution in [1.29, 1.82) is 0 Å². The van der Waals surface area contributed by atoms with E-state index in [1.165, 1.54) is 167 Å². The number of phosphoric acid groups is 2. The van der Waals surface area contributed by atoms with Crippen LogP contribution in [-0.2, 0) is 65.4 Å². The maximum atomic E-state index is 13.1. The van der Waals surface area contributed by atoms with Gasteiger partial charge >= 0.3 is 39.5 Å². The molecular formula is C75H146O17P2. The van der Waals surface area contributed by atoms with E-state index in [2.05, 4.69) is 55.4 Å². The topological polar surface area (TPSA) is 237 Å². The highest BCUT2D eigenvalue weighted by Crippen LogP contribution is 2.45. The number of rotatable bonds is 72. The molecule has 0 aliphatic heterocycles. The van der Waals surface area contributed by atoms with Crippen molar-refractivity contribution in [2.75, 3.05) is 39.6 Å². The summed E-state index contributed by atoms with van der Waals surface area (Å²) in [6.07, 6.45) is 48.9. The Morgan fingerprint density at radius 2 is 0.447 bits per heavy atom. The molecule has 94 heavy (non-hydrogen) atoms. The van der Waals surface area contributed by atoms with Gasteiger partial charge in [0.2, 0.25) is 0 Å². The van der Waals surface area contributed by atoms with Crippen LogP contribution in [0.2, 0.25) is 0 Å². The monoisotopic (exact) mass is 1380 g/mol. The molecule has 0 bridgehead atoms. The molecule has 0 fully saturated rings. The normalized spacial score (nSPS) is 14.2. The Bertz CT molecular complexity index is 1850. The van der Waals surface area contributed by atoms with Crippen molar-refractivity contribution >= 4 is 39.5 Å². The van der Waals surface area contributed by atoms with Crippen molar-refractivity contribution in [3.05, 3.63) is 0 Å². The zero-order valence-corrected chi connectivity index (χ0v) is 63.4. The van der Waals surface area contributed by atoms with Crippen molar-refractivity contribution in [3.8, 4) is 0 Å². The summed E-state index contributed by atoms with van der Waals surface area (Å²) in [4.78, 5) is 72.7. The van der Waals surface area contributed by atoms with E-state index in [1.54, 1.807) is 0 Å². The first-order valence-electron chi connectivity index (χ1n) is 38.7. The third-order valence-electron chi connectivity index (χ3n) is 17.3. The molecule has 0 amide bonds. The first-order chi connectivity index (χ1) is 45.1. The molecule has 0 saturated carbocycles. The Morgan fingerprint density at radius 3 is 0.660 bits per heavy atom. The number of aliphatic hydroxyl groups excluding tert-OH is 1. The second-order valence-electron chi connectivity index (χ2n) is 28.9. The second kappa shape index (κ2) is 64.4. The van der Waals surface area contributed by atoms with Crippen LogP contribution in [-0.4, -0.2) is 96.7 Å². The number of unbranched alkanes of at least 4 members (excludes halogenated alkanes) is 38. The Hall–Kier alpha value is -1.94. The molecular weight excluding hydrogens is 1230 g/mol. The summed E-state index contributed by atoms with van der Waals surface area (Å²) in [7, 11) is -9.91. The van der Waals surface area contributed by atoms with E-state index in [0.29, 0.717) is 37.5 Å². The molecule has 0 aromatic heterocycles. The minimum Gasteiger partial charge on any atom is -0.462 e. The molecule has 558 valence electrons. The van der Waals surface area contributed by atoms with Crippen molar-refractivity contribution in [3.63, 3.8) is 0 Å². The summed E-state index contributed by atoms with van der Waals surface area (Å²) in [5.41, 5.74) is 0. The summed E-state index contributed by atoms with van der Waals surface area (Å²) in [5, 5.41) is 10.6. The summed E-state index contributed by atoms with van der Waals surface area (Å²) in [6, 6.07) is 0. The maximum Gasteiger partial charge on any atom is 0.472 e. The van der Waals surface area contributed by atoms with Crippen LogP contribution in [0.1, 0.15) is 376 Å². The summed E-state index contributed by atoms with van der Waals surface area (Å²) in [5.74, 6) is 0.857. The van der Waals surface area contributed by atoms with E-state index < -0.39 is 97.5 Å². The molecule has 3 unspecified atom stereocenters. The zero-order chi connectivity index (χ0) is 69.6. The van der Waals surface area contributed by atoms with E-state index in [0.717, 1.165) is 115 Å². The maximum absolute atomic E-state index is 13.1. The number of esters is 4. The lowest BCUT2D eigenvalue weighted by Crippen LogP contribution is -2.30. The van der Waals surface area contributed by atoms with Crippen molar-refractivity contribution < 1.29 is 80.2 Å². The third kappa shape index (κ3) is 68.6.